The second-order valence-corrected chi connectivity index (χ2v) is 6.92. The molecule has 29 heavy (non-hydrogen) atoms. The van der Waals surface area contributed by atoms with Crippen LogP contribution in [-0.2, 0) is 11.3 Å². The average molecular weight is 391 g/mol. The fourth-order valence-corrected chi connectivity index (χ4v) is 3.67. The van der Waals surface area contributed by atoms with E-state index in [4.69, 9.17) is 4.74 Å². The molecule has 0 saturated heterocycles. The molecule has 0 fully saturated rings. The fourth-order valence-electron chi connectivity index (χ4n) is 3.67. The summed E-state index contributed by atoms with van der Waals surface area (Å²) in [5.74, 6) is 0.281. The minimum absolute atomic E-state index is 0.0569. The number of aromatic nitrogens is 2. The Kier molecular flexibility index (Phi) is 5.29. The van der Waals surface area contributed by atoms with Crippen molar-refractivity contribution in [2.24, 2.45) is 5.92 Å². The van der Waals surface area contributed by atoms with Crippen molar-refractivity contribution in [1.82, 2.24) is 14.9 Å². The van der Waals surface area contributed by atoms with Gasteiger partial charge >= 0.3 is 5.69 Å². The molecular formula is C22H21N3O4. The molecule has 4 rings (SSSR count). The zero-order valence-corrected chi connectivity index (χ0v) is 15.7. The number of allylic oxidation sites excluding steroid dienone is 3. The summed E-state index contributed by atoms with van der Waals surface area (Å²) in [5, 5.41) is 2.95. The third-order valence-corrected chi connectivity index (χ3v) is 5.07. The van der Waals surface area contributed by atoms with Crippen LogP contribution in [-0.4, -0.2) is 28.1 Å². The number of benzene rings is 1. The van der Waals surface area contributed by atoms with Crippen LogP contribution in [0, 0.1) is 5.92 Å². The van der Waals surface area contributed by atoms with E-state index in [9.17, 15) is 14.4 Å². The summed E-state index contributed by atoms with van der Waals surface area (Å²) in [6.45, 7) is 0.650. The molecule has 1 aromatic carbocycles. The van der Waals surface area contributed by atoms with Crippen molar-refractivity contribution in [3.8, 4) is 5.75 Å². The first-order valence-electron chi connectivity index (χ1n) is 9.46. The summed E-state index contributed by atoms with van der Waals surface area (Å²) in [6.07, 6.45) is 12.7. The topological polar surface area (TPSA) is 93.2 Å². The van der Waals surface area contributed by atoms with Gasteiger partial charge in [0.25, 0.3) is 5.56 Å². The average Bonchev–Trinajstić information content (AvgIpc) is 2.73. The Morgan fingerprint density at radius 2 is 1.97 bits per heavy atom. The number of carbonyl (C=O) groups excluding carboxylic acids is 1. The lowest BCUT2D eigenvalue weighted by molar-refractivity contribution is -0.124. The number of ether oxygens (including phenoxy) is 1. The Morgan fingerprint density at radius 1 is 1.14 bits per heavy atom. The normalized spacial score (nSPS) is 22.0. The van der Waals surface area contributed by atoms with Crippen molar-refractivity contribution in [1.29, 1.82) is 0 Å². The number of H-pyrrole nitrogens is 1. The van der Waals surface area contributed by atoms with Crippen LogP contribution < -0.4 is 21.3 Å². The number of hydrogen-bond acceptors (Lipinski definition) is 4. The van der Waals surface area contributed by atoms with Gasteiger partial charge in [-0.1, -0.05) is 48.6 Å². The van der Waals surface area contributed by atoms with E-state index in [1.165, 1.54) is 16.8 Å². The number of aromatic amines is 1. The van der Waals surface area contributed by atoms with E-state index >= 15 is 0 Å². The summed E-state index contributed by atoms with van der Waals surface area (Å²) < 4.78 is 7.41. The third kappa shape index (κ3) is 3.99. The molecule has 0 radical (unpaired) electrons. The highest BCUT2D eigenvalue weighted by atomic mass is 16.5. The second-order valence-electron chi connectivity index (χ2n) is 6.92. The van der Waals surface area contributed by atoms with Crippen LogP contribution in [0.4, 0.5) is 0 Å². The Labute approximate surface area is 167 Å². The first kappa shape index (κ1) is 18.7. The van der Waals surface area contributed by atoms with Crippen molar-refractivity contribution in [2.45, 2.75) is 18.6 Å². The quantitative estimate of drug-likeness (QED) is 0.756. The van der Waals surface area contributed by atoms with E-state index in [0.717, 1.165) is 11.3 Å². The molecule has 3 unspecified atom stereocenters. The van der Waals surface area contributed by atoms with Crippen LogP contribution >= 0.6 is 0 Å². The van der Waals surface area contributed by atoms with Gasteiger partial charge in [-0.3, -0.25) is 19.1 Å². The van der Waals surface area contributed by atoms with E-state index in [-0.39, 0.29) is 23.8 Å². The lowest BCUT2D eigenvalue weighted by atomic mass is 9.77. The molecule has 2 heterocycles. The SMILES string of the molecule is O=C(NC/C=C\Cn1ccc(=O)[nH]c1=O)C1c2ccccc2OC2C=CC=CC21. The van der Waals surface area contributed by atoms with Gasteiger partial charge in [-0.25, -0.2) is 4.79 Å². The monoisotopic (exact) mass is 391 g/mol. The zero-order chi connectivity index (χ0) is 20.2. The first-order valence-corrected chi connectivity index (χ1v) is 9.46. The Bertz CT molecular complexity index is 1110. The molecular weight excluding hydrogens is 370 g/mol. The van der Waals surface area contributed by atoms with Crippen LogP contribution in [0.3, 0.4) is 0 Å². The van der Waals surface area contributed by atoms with Gasteiger partial charge in [0.05, 0.1) is 5.92 Å². The summed E-state index contributed by atoms with van der Waals surface area (Å²) in [5.41, 5.74) is -0.00713. The number of para-hydroxylation sites is 1. The standard InChI is InChI=1S/C22H21N3O4/c26-19-11-14-25(22(28)24-19)13-6-5-12-23-21(27)20-15-7-1-3-9-17(15)29-18-10-4-2-8-16(18)20/h1-11,14-15,17,20H,12-13H2,(H,23,27)(H,24,26,28)/b6-5-. The highest BCUT2D eigenvalue weighted by Gasteiger charge is 2.40. The molecule has 2 aromatic rings. The molecule has 3 atom stereocenters. The van der Waals surface area contributed by atoms with Crippen molar-refractivity contribution in [2.75, 3.05) is 6.54 Å². The van der Waals surface area contributed by atoms with Gasteiger partial charge in [0.2, 0.25) is 5.91 Å². The lowest BCUT2D eigenvalue weighted by Gasteiger charge is -2.37. The number of hydrogen-bond donors (Lipinski definition) is 2. The maximum Gasteiger partial charge on any atom is 0.328 e. The molecule has 0 bridgehead atoms. The number of nitrogens with one attached hydrogen (secondary N) is 2. The van der Waals surface area contributed by atoms with E-state index in [0.29, 0.717) is 13.1 Å². The van der Waals surface area contributed by atoms with Gasteiger partial charge < -0.3 is 10.1 Å². The van der Waals surface area contributed by atoms with Crippen molar-refractivity contribution >= 4 is 5.91 Å². The largest absolute Gasteiger partial charge is 0.485 e. The molecule has 1 aromatic heterocycles. The van der Waals surface area contributed by atoms with Crippen LogP contribution in [0.2, 0.25) is 0 Å². The summed E-state index contributed by atoms with van der Waals surface area (Å²) >= 11 is 0. The molecule has 2 aliphatic rings. The molecule has 1 aliphatic heterocycles. The van der Waals surface area contributed by atoms with Gasteiger partial charge in [-0.15, -0.1) is 0 Å². The van der Waals surface area contributed by atoms with E-state index in [2.05, 4.69) is 10.3 Å². The highest BCUT2D eigenvalue weighted by molar-refractivity contribution is 5.86. The van der Waals surface area contributed by atoms with Crippen molar-refractivity contribution < 1.29 is 9.53 Å². The van der Waals surface area contributed by atoms with Crippen molar-refractivity contribution in [3.05, 3.63) is 99.4 Å². The summed E-state index contributed by atoms with van der Waals surface area (Å²) in [6, 6.07) is 8.92. The predicted molar refractivity (Wildman–Crippen MR) is 109 cm³/mol. The van der Waals surface area contributed by atoms with Crippen LogP contribution in [0.1, 0.15) is 11.5 Å². The minimum Gasteiger partial charge on any atom is -0.485 e. The molecule has 148 valence electrons. The molecule has 0 saturated carbocycles. The maximum absolute atomic E-state index is 13.0. The molecule has 1 aliphatic carbocycles. The van der Waals surface area contributed by atoms with Gasteiger partial charge in [0.1, 0.15) is 11.9 Å². The minimum atomic E-state index is -0.465. The van der Waals surface area contributed by atoms with Gasteiger partial charge in [-0.2, -0.15) is 0 Å². The van der Waals surface area contributed by atoms with E-state index < -0.39 is 11.2 Å². The molecule has 1 amide bonds. The zero-order valence-electron chi connectivity index (χ0n) is 15.7. The molecule has 0 spiro atoms. The maximum atomic E-state index is 13.0. The Hall–Kier alpha value is -3.61. The van der Waals surface area contributed by atoms with E-state index in [1.807, 2.05) is 48.6 Å². The number of fused-ring (bicyclic) bond motifs is 2. The first-order chi connectivity index (χ1) is 14.1. The molecule has 7 heteroatoms. The lowest BCUT2D eigenvalue weighted by Crippen LogP contribution is -2.42. The number of rotatable bonds is 5. The number of nitrogens with zero attached hydrogens (tertiary/aromatic N) is 1. The van der Waals surface area contributed by atoms with Crippen LogP contribution in [0.5, 0.6) is 5.75 Å². The molecule has 2 N–H and O–H groups in total. The third-order valence-electron chi connectivity index (χ3n) is 5.07. The summed E-state index contributed by atoms with van der Waals surface area (Å²) in [7, 11) is 0. The Balaban J connectivity index is 1.42. The highest BCUT2D eigenvalue weighted by Crippen LogP contribution is 2.42. The number of amides is 1. The van der Waals surface area contributed by atoms with Gasteiger partial charge in [0, 0.05) is 36.8 Å². The molecule has 7 nitrogen and oxygen atoms in total. The Morgan fingerprint density at radius 3 is 2.83 bits per heavy atom. The fraction of sp³-hybridized carbons (Fsp3) is 0.227. The second kappa shape index (κ2) is 8.18. The summed E-state index contributed by atoms with van der Waals surface area (Å²) in [4.78, 5) is 37.9. The van der Waals surface area contributed by atoms with Gasteiger partial charge in [-0.05, 0) is 12.1 Å². The smallest absolute Gasteiger partial charge is 0.328 e. The van der Waals surface area contributed by atoms with Gasteiger partial charge in [0.15, 0.2) is 0 Å². The van der Waals surface area contributed by atoms with Crippen molar-refractivity contribution in [3.63, 3.8) is 0 Å². The van der Waals surface area contributed by atoms with Crippen LogP contribution in [0.15, 0.2) is 82.6 Å². The predicted octanol–water partition coefficient (Wildman–Crippen LogP) is 1.50. The van der Waals surface area contributed by atoms with Crippen LogP contribution in [0.25, 0.3) is 0 Å². The number of carbonyl (C=O) groups is 1. The van der Waals surface area contributed by atoms with E-state index in [1.54, 1.807) is 12.2 Å².